The molecule has 0 bridgehead atoms. The number of hydrogen-bond donors (Lipinski definition) is 1. The number of imide groups is 1. The highest BCUT2D eigenvalue weighted by Crippen LogP contribution is 2.46. The molecule has 0 aromatic heterocycles. The first-order chi connectivity index (χ1) is 13.5. The average Bonchev–Trinajstić information content (AvgIpc) is 3.39. The van der Waals surface area contributed by atoms with Gasteiger partial charge in [-0.15, -0.1) is 0 Å². The quantitative estimate of drug-likeness (QED) is 0.790. The maximum atomic E-state index is 12.8. The molecule has 0 radical (unpaired) electrons. The second-order valence-electron chi connectivity index (χ2n) is 8.39. The van der Waals surface area contributed by atoms with Crippen LogP contribution in [0.1, 0.15) is 42.1 Å². The smallest absolute Gasteiger partial charge is 0.255 e. The minimum absolute atomic E-state index is 0.145. The van der Waals surface area contributed by atoms with E-state index in [9.17, 15) is 14.4 Å². The fraction of sp³-hybridized carbons (Fsp3) is 0.571. The number of carbonyl (C=O) groups excluding carboxylic acids is 3. The van der Waals surface area contributed by atoms with Crippen LogP contribution in [0.15, 0.2) is 18.2 Å². The Morgan fingerprint density at radius 3 is 2.86 bits per heavy atom. The lowest BCUT2D eigenvalue weighted by atomic mass is 10.0. The van der Waals surface area contributed by atoms with Crippen molar-refractivity contribution in [1.82, 2.24) is 15.1 Å². The van der Waals surface area contributed by atoms with Crippen LogP contribution in [0.4, 0.5) is 0 Å². The molecule has 3 fully saturated rings. The summed E-state index contributed by atoms with van der Waals surface area (Å²) in [5, 5.41) is 2.34. The molecule has 1 aromatic rings. The van der Waals surface area contributed by atoms with Gasteiger partial charge in [-0.2, -0.15) is 0 Å². The van der Waals surface area contributed by atoms with Crippen LogP contribution in [0.5, 0.6) is 5.75 Å². The van der Waals surface area contributed by atoms with Crippen molar-refractivity contribution < 1.29 is 19.1 Å². The van der Waals surface area contributed by atoms with Crippen LogP contribution in [-0.2, 0) is 16.1 Å². The molecule has 7 heteroatoms. The number of rotatable bonds is 4. The summed E-state index contributed by atoms with van der Waals surface area (Å²) in [7, 11) is 0. The Kier molecular flexibility index (Phi) is 4.16. The van der Waals surface area contributed by atoms with Gasteiger partial charge >= 0.3 is 0 Å². The first-order valence-corrected chi connectivity index (χ1v) is 10.2. The van der Waals surface area contributed by atoms with E-state index in [0.717, 1.165) is 30.3 Å². The fourth-order valence-corrected chi connectivity index (χ4v) is 4.91. The number of amides is 3. The van der Waals surface area contributed by atoms with Crippen LogP contribution in [0.25, 0.3) is 0 Å². The van der Waals surface area contributed by atoms with E-state index in [1.807, 2.05) is 18.2 Å². The van der Waals surface area contributed by atoms with Crippen molar-refractivity contribution in [2.24, 2.45) is 11.8 Å². The van der Waals surface area contributed by atoms with Crippen molar-refractivity contribution in [2.75, 3.05) is 19.6 Å². The fourth-order valence-electron chi connectivity index (χ4n) is 4.91. The van der Waals surface area contributed by atoms with Gasteiger partial charge in [0.15, 0.2) is 0 Å². The predicted octanol–water partition coefficient (Wildman–Crippen LogP) is 1.17. The molecule has 4 atom stereocenters. The lowest BCUT2D eigenvalue weighted by molar-refractivity contribution is -0.136. The molecule has 7 nitrogen and oxygen atoms in total. The van der Waals surface area contributed by atoms with Gasteiger partial charge in [-0.25, -0.2) is 0 Å². The van der Waals surface area contributed by atoms with Gasteiger partial charge in [-0.1, -0.05) is 6.92 Å². The Balaban J connectivity index is 1.31. The van der Waals surface area contributed by atoms with Crippen molar-refractivity contribution in [1.29, 1.82) is 0 Å². The highest BCUT2D eigenvalue weighted by atomic mass is 16.5. The Morgan fingerprint density at radius 2 is 2.07 bits per heavy atom. The predicted molar refractivity (Wildman–Crippen MR) is 101 cm³/mol. The molecule has 2 saturated heterocycles. The number of nitrogens with zero attached hydrogens (tertiary/aromatic N) is 2. The third-order valence-electron chi connectivity index (χ3n) is 6.62. The summed E-state index contributed by atoms with van der Waals surface area (Å²) < 4.78 is 6.32. The number of ether oxygens (including phenoxy) is 1. The van der Waals surface area contributed by atoms with E-state index in [1.165, 1.54) is 13.0 Å². The van der Waals surface area contributed by atoms with Gasteiger partial charge < -0.3 is 9.64 Å². The van der Waals surface area contributed by atoms with Gasteiger partial charge in [-0.3, -0.25) is 24.6 Å². The van der Waals surface area contributed by atoms with Crippen LogP contribution >= 0.6 is 0 Å². The van der Waals surface area contributed by atoms with Gasteiger partial charge in [0.25, 0.3) is 5.91 Å². The number of hydrogen-bond acceptors (Lipinski definition) is 5. The lowest BCUT2D eigenvalue weighted by Gasteiger charge is -2.31. The Bertz CT molecular complexity index is 854. The van der Waals surface area contributed by atoms with Crippen LogP contribution in [0.3, 0.4) is 0 Å². The molecule has 0 spiro atoms. The van der Waals surface area contributed by atoms with Crippen LogP contribution in [0.2, 0.25) is 0 Å². The number of piperidine rings is 2. The summed E-state index contributed by atoms with van der Waals surface area (Å²) in [6.45, 7) is 5.75. The number of benzene rings is 1. The van der Waals surface area contributed by atoms with E-state index in [1.54, 1.807) is 4.90 Å². The summed E-state index contributed by atoms with van der Waals surface area (Å²) in [6.07, 6.45) is 2.10. The van der Waals surface area contributed by atoms with E-state index >= 15 is 0 Å². The normalized spacial score (nSPS) is 32.0. The Labute approximate surface area is 164 Å². The van der Waals surface area contributed by atoms with E-state index in [2.05, 4.69) is 17.1 Å². The topological polar surface area (TPSA) is 79.0 Å². The molecule has 1 unspecified atom stereocenters. The number of fused-ring (bicyclic) bond motifs is 2. The minimum Gasteiger partial charge on any atom is -0.489 e. The number of carbonyl (C=O) groups is 3. The first kappa shape index (κ1) is 17.7. The number of likely N-dealkylation sites (tertiary alicyclic amines) is 1. The van der Waals surface area contributed by atoms with Crippen molar-refractivity contribution in [2.45, 2.75) is 44.9 Å². The molecule has 1 N–H and O–H groups in total. The molecule has 3 heterocycles. The van der Waals surface area contributed by atoms with Gasteiger partial charge in [-0.05, 0) is 49.1 Å². The highest BCUT2D eigenvalue weighted by molar-refractivity contribution is 6.05. The third-order valence-corrected chi connectivity index (χ3v) is 6.62. The zero-order valence-electron chi connectivity index (χ0n) is 16.0. The second-order valence-corrected chi connectivity index (χ2v) is 8.39. The maximum absolute atomic E-state index is 12.8. The summed E-state index contributed by atoms with van der Waals surface area (Å²) >= 11 is 0. The van der Waals surface area contributed by atoms with E-state index < -0.39 is 6.04 Å². The molecule has 3 aliphatic heterocycles. The summed E-state index contributed by atoms with van der Waals surface area (Å²) in [5.41, 5.74) is 1.52. The third kappa shape index (κ3) is 2.98. The molecule has 148 valence electrons. The molecule has 5 rings (SSSR count). The highest BCUT2D eigenvalue weighted by Gasteiger charge is 2.49. The van der Waals surface area contributed by atoms with Crippen LogP contribution in [0, 0.1) is 11.8 Å². The molecule has 3 amide bonds. The first-order valence-electron chi connectivity index (χ1n) is 10.2. The number of nitrogens with one attached hydrogen (secondary N) is 1. The molecular weight excluding hydrogens is 358 g/mol. The SMILES string of the molecule is CCN1C[C@@H]2C[C@@H]2[C@H](Oc2ccc3c(c2)CN(C2CCC(=O)NC2=O)C3=O)C1. The molecule has 28 heavy (non-hydrogen) atoms. The summed E-state index contributed by atoms with van der Waals surface area (Å²) in [5.74, 6) is 1.41. The summed E-state index contributed by atoms with van der Waals surface area (Å²) in [6, 6.07) is 5.04. The molecule has 4 aliphatic rings. The standard InChI is InChI=1S/C21H25N3O4/c1-2-23-9-13-8-16(13)18(11-23)28-14-3-4-15-12(7-14)10-24(21(15)27)17-5-6-19(25)22-20(17)26/h3-4,7,13,16-18H,2,5-6,8-11H2,1H3,(H,22,25,26)/t13-,16-,17?,18+/m0/s1. The van der Waals surface area contributed by atoms with Gasteiger partial charge in [0.05, 0.1) is 0 Å². The van der Waals surface area contributed by atoms with Gasteiger partial charge in [0.1, 0.15) is 17.9 Å². The van der Waals surface area contributed by atoms with Crippen molar-refractivity contribution in [3.05, 3.63) is 29.3 Å². The van der Waals surface area contributed by atoms with Crippen LogP contribution < -0.4 is 10.1 Å². The zero-order valence-corrected chi connectivity index (χ0v) is 16.0. The van der Waals surface area contributed by atoms with E-state index in [4.69, 9.17) is 4.74 Å². The van der Waals surface area contributed by atoms with Gasteiger partial charge in [0, 0.05) is 37.5 Å². The zero-order chi connectivity index (χ0) is 19.4. The van der Waals surface area contributed by atoms with Crippen molar-refractivity contribution >= 4 is 17.7 Å². The Hall–Kier alpha value is -2.41. The van der Waals surface area contributed by atoms with Crippen molar-refractivity contribution in [3.63, 3.8) is 0 Å². The van der Waals surface area contributed by atoms with E-state index in [0.29, 0.717) is 24.4 Å². The maximum Gasteiger partial charge on any atom is 0.255 e. The lowest BCUT2D eigenvalue weighted by Crippen LogP contribution is -2.52. The monoisotopic (exact) mass is 383 g/mol. The van der Waals surface area contributed by atoms with E-state index in [-0.39, 0.29) is 30.2 Å². The number of likely N-dealkylation sites (N-methyl/N-ethyl adjacent to an activating group) is 1. The minimum atomic E-state index is -0.578. The second kappa shape index (κ2) is 6.58. The molecule has 1 saturated carbocycles. The molecule has 1 aromatic carbocycles. The molecular formula is C21H25N3O4. The molecule has 1 aliphatic carbocycles. The summed E-state index contributed by atoms with van der Waals surface area (Å²) in [4.78, 5) is 40.3. The average molecular weight is 383 g/mol. The van der Waals surface area contributed by atoms with Crippen LogP contribution in [-0.4, -0.2) is 59.3 Å². The van der Waals surface area contributed by atoms with Gasteiger partial charge in [0.2, 0.25) is 11.8 Å². The van der Waals surface area contributed by atoms with Crippen molar-refractivity contribution in [3.8, 4) is 5.75 Å². The largest absolute Gasteiger partial charge is 0.489 e. The Morgan fingerprint density at radius 1 is 1.21 bits per heavy atom.